The molecule has 0 saturated carbocycles. The van der Waals surface area contributed by atoms with Crippen molar-refractivity contribution in [1.29, 1.82) is 0 Å². The van der Waals surface area contributed by atoms with Crippen molar-refractivity contribution in [2.24, 2.45) is 0 Å². The molecule has 3 rings (SSSR count). The number of allylic oxidation sites excluding steroid dienone is 1. The van der Waals surface area contributed by atoms with Crippen LogP contribution in [0.25, 0.3) is 11.1 Å². The van der Waals surface area contributed by atoms with Crippen LogP contribution in [-0.2, 0) is 0 Å². The minimum Gasteiger partial charge on any atom is -0.492 e. The van der Waals surface area contributed by atoms with Gasteiger partial charge in [-0.05, 0) is 60.5 Å². The summed E-state index contributed by atoms with van der Waals surface area (Å²) in [5.74, 6) is 0.721. The minimum atomic E-state index is -0.393. The highest BCUT2D eigenvalue weighted by Gasteiger charge is 2.12. The maximum atomic E-state index is 8.58. The Morgan fingerprint density at radius 2 is 1.54 bits per heavy atom. The number of ether oxygens (including phenoxy) is 1. The fraction of sp³-hybridized carbons (Fsp3) is 0.231. The van der Waals surface area contributed by atoms with Crippen LogP contribution in [-0.4, -0.2) is 32.1 Å². The van der Waals surface area contributed by atoms with Crippen LogP contribution in [0, 0.1) is 0 Å². The lowest BCUT2D eigenvalue weighted by atomic mass is 9.88. The second-order valence-electron chi connectivity index (χ2n) is 6.75. The van der Waals surface area contributed by atoms with E-state index in [-0.39, 0.29) is 29.7 Å². The van der Waals surface area contributed by atoms with Gasteiger partial charge in [0.1, 0.15) is 12.4 Å². The van der Waals surface area contributed by atoms with Gasteiger partial charge >= 0.3 is 0 Å². The molecule has 3 aromatic carbocycles. The Morgan fingerprint density at radius 3 is 2.14 bits per heavy atom. The monoisotopic (exact) mass is 376 g/mol. The van der Waals surface area contributed by atoms with E-state index in [0.717, 1.165) is 29.0 Å². The third kappa shape index (κ3) is 5.11. The smallest absolute Gasteiger partial charge is 0.119 e. The molecule has 0 unspecified atom stereocenters. The van der Waals surface area contributed by atoms with E-state index in [2.05, 4.69) is 0 Å². The molecule has 0 amide bonds. The van der Waals surface area contributed by atoms with Crippen LogP contribution in [0.5, 0.6) is 5.75 Å². The van der Waals surface area contributed by atoms with Crippen LogP contribution < -0.4 is 4.74 Å². The van der Waals surface area contributed by atoms with Gasteiger partial charge in [-0.3, -0.25) is 0 Å². The highest BCUT2D eigenvalue weighted by molar-refractivity contribution is 5.98. The third-order valence-electron chi connectivity index (χ3n) is 4.48. The summed E-state index contributed by atoms with van der Waals surface area (Å²) in [6.45, 7) is 3.36. The number of likely N-dealkylation sites (N-methyl/N-ethyl adjacent to an activating group) is 1. The van der Waals surface area contributed by atoms with Crippen molar-refractivity contribution in [3.8, 4) is 5.75 Å². The summed E-state index contributed by atoms with van der Waals surface area (Å²) >= 11 is 0. The molecule has 0 heterocycles. The highest BCUT2D eigenvalue weighted by Crippen LogP contribution is 2.34. The summed E-state index contributed by atoms with van der Waals surface area (Å²) in [7, 11) is 3.97. The summed E-state index contributed by atoms with van der Waals surface area (Å²) in [6, 6.07) is 15.8. The van der Waals surface area contributed by atoms with Crippen molar-refractivity contribution in [2.45, 2.75) is 13.3 Å². The average molecular weight is 377 g/mol. The van der Waals surface area contributed by atoms with Gasteiger partial charge < -0.3 is 9.64 Å². The number of benzene rings is 3. The highest BCUT2D eigenvalue weighted by atomic mass is 16.5. The molecular formula is C26H29NO. The minimum absolute atomic E-state index is 0.204. The number of nitrogens with zero attached hydrogens (tertiary/aromatic N) is 1. The zero-order valence-electron chi connectivity index (χ0n) is 21.7. The molecule has 3 aromatic rings. The fourth-order valence-corrected chi connectivity index (χ4v) is 3.07. The van der Waals surface area contributed by atoms with Crippen LogP contribution in [0.4, 0.5) is 0 Å². The summed E-state index contributed by atoms with van der Waals surface area (Å²) in [4.78, 5) is 2.04. The van der Waals surface area contributed by atoms with Gasteiger partial charge in [0.15, 0.2) is 0 Å². The second-order valence-corrected chi connectivity index (χ2v) is 6.75. The summed E-state index contributed by atoms with van der Waals surface area (Å²) in [5.41, 5.74) is 3.49. The van der Waals surface area contributed by atoms with E-state index in [1.807, 2.05) is 80.5 Å². The molecule has 0 fully saturated rings. The first-order chi connectivity index (χ1) is 15.8. The van der Waals surface area contributed by atoms with Gasteiger partial charge in [-0.15, -0.1) is 0 Å². The Balaban J connectivity index is 2.22. The van der Waals surface area contributed by atoms with Crippen molar-refractivity contribution < 1.29 is 11.6 Å². The lowest BCUT2D eigenvalue weighted by Crippen LogP contribution is -2.19. The molecule has 0 radical (unpaired) electrons. The first-order valence-corrected chi connectivity index (χ1v) is 9.50. The van der Waals surface area contributed by atoms with Crippen molar-refractivity contribution in [2.75, 3.05) is 27.2 Å². The molecule has 0 aliphatic carbocycles. The summed E-state index contributed by atoms with van der Waals surface area (Å²) in [5, 5.41) is 0. The summed E-state index contributed by atoms with van der Waals surface area (Å²) < 4.78 is 47.3. The van der Waals surface area contributed by atoms with Crippen molar-refractivity contribution in [3.05, 3.63) is 101 Å². The average Bonchev–Trinajstić information content (AvgIpc) is 2.82. The molecule has 2 heteroatoms. The summed E-state index contributed by atoms with van der Waals surface area (Å²) in [6.07, 6.45) is 0.628. The number of hydrogen-bond donors (Lipinski definition) is 0. The van der Waals surface area contributed by atoms with E-state index in [0.29, 0.717) is 18.6 Å². The van der Waals surface area contributed by atoms with E-state index in [1.165, 1.54) is 0 Å². The van der Waals surface area contributed by atoms with Gasteiger partial charge in [0.25, 0.3) is 0 Å². The second kappa shape index (κ2) is 9.91. The molecule has 28 heavy (non-hydrogen) atoms. The zero-order valence-corrected chi connectivity index (χ0v) is 16.7. The van der Waals surface area contributed by atoms with E-state index in [4.69, 9.17) is 11.6 Å². The molecule has 0 aliphatic heterocycles. The topological polar surface area (TPSA) is 12.5 Å². The molecule has 0 N–H and O–H groups in total. The quantitative estimate of drug-likeness (QED) is 0.447. The zero-order chi connectivity index (χ0) is 24.1. The number of hydrogen-bond acceptors (Lipinski definition) is 2. The van der Waals surface area contributed by atoms with E-state index >= 15 is 0 Å². The van der Waals surface area contributed by atoms with Crippen LogP contribution in [0.3, 0.4) is 0 Å². The molecule has 0 bridgehead atoms. The Bertz CT molecular complexity index is 1110. The molecule has 144 valence electrons. The van der Waals surface area contributed by atoms with Gasteiger partial charge in [-0.1, -0.05) is 79.6 Å². The van der Waals surface area contributed by atoms with Crippen LogP contribution in [0.2, 0.25) is 0 Å². The first-order valence-electron chi connectivity index (χ1n) is 12.0. The lowest BCUT2D eigenvalue weighted by Gasteiger charge is -2.17. The third-order valence-corrected chi connectivity index (χ3v) is 4.48. The molecule has 0 spiro atoms. The molecule has 0 aliphatic rings. The molecule has 0 atom stereocenters. The SMILES string of the molecule is [2H]c1c([2H])c([2H])c(/C(=C(/CC)c2ccccc2)c2ccc(OCCN(C)C)cc2)c([2H])c1[2H]. The van der Waals surface area contributed by atoms with Gasteiger partial charge in [-0.25, -0.2) is 0 Å². The number of rotatable bonds is 8. The molecule has 0 aromatic heterocycles. The Morgan fingerprint density at radius 1 is 0.857 bits per heavy atom. The van der Waals surface area contributed by atoms with Gasteiger partial charge in [0.2, 0.25) is 0 Å². The van der Waals surface area contributed by atoms with Crippen LogP contribution in [0.1, 0.15) is 36.9 Å². The molecule has 2 nitrogen and oxygen atoms in total. The fourth-order valence-electron chi connectivity index (χ4n) is 3.07. The van der Waals surface area contributed by atoms with E-state index in [9.17, 15) is 0 Å². The normalized spacial score (nSPS) is 14.5. The lowest BCUT2D eigenvalue weighted by molar-refractivity contribution is 0.261. The van der Waals surface area contributed by atoms with Gasteiger partial charge in [-0.2, -0.15) is 0 Å². The molecule has 0 saturated heterocycles. The standard InChI is InChI=1S/C26H29NO/c1-4-25(21-11-7-5-8-12-21)26(22-13-9-6-10-14-22)23-15-17-24(18-16-23)28-20-19-27(2)3/h5-18H,4,19-20H2,1-3H3/b26-25+/i6D,9D,10D,13D,14D. The predicted molar refractivity (Wildman–Crippen MR) is 120 cm³/mol. The van der Waals surface area contributed by atoms with Crippen molar-refractivity contribution in [3.63, 3.8) is 0 Å². The molecular weight excluding hydrogens is 342 g/mol. The van der Waals surface area contributed by atoms with Gasteiger partial charge in [0, 0.05) is 6.54 Å². The Kier molecular flexibility index (Phi) is 5.03. The Labute approximate surface area is 176 Å². The van der Waals surface area contributed by atoms with Crippen molar-refractivity contribution in [1.82, 2.24) is 4.90 Å². The van der Waals surface area contributed by atoms with Gasteiger partial charge in [0.05, 0.1) is 6.85 Å². The van der Waals surface area contributed by atoms with E-state index < -0.39 is 6.04 Å². The Hall–Kier alpha value is -2.84. The predicted octanol–water partition coefficient (Wildman–Crippen LogP) is 6.00. The maximum absolute atomic E-state index is 8.58. The first kappa shape index (κ1) is 14.2. The van der Waals surface area contributed by atoms with Crippen LogP contribution in [0.15, 0.2) is 84.8 Å². The largest absolute Gasteiger partial charge is 0.492 e. The van der Waals surface area contributed by atoms with Crippen LogP contribution >= 0.6 is 0 Å². The maximum Gasteiger partial charge on any atom is 0.119 e. The van der Waals surface area contributed by atoms with Crippen molar-refractivity contribution >= 4 is 11.1 Å². The van der Waals surface area contributed by atoms with E-state index in [1.54, 1.807) is 0 Å².